The Hall–Kier alpha value is -1.21. The lowest BCUT2D eigenvalue weighted by Gasteiger charge is -2.22. The van der Waals surface area contributed by atoms with Crippen LogP contribution in [-0.2, 0) is 16.1 Å². The van der Waals surface area contributed by atoms with Crippen molar-refractivity contribution in [1.29, 1.82) is 0 Å². The molecule has 1 saturated heterocycles. The van der Waals surface area contributed by atoms with Crippen LogP contribution in [0.2, 0.25) is 0 Å². The maximum atomic E-state index is 10.4. The van der Waals surface area contributed by atoms with E-state index in [1.165, 1.54) is 13.3 Å². The van der Waals surface area contributed by atoms with Crippen molar-refractivity contribution in [2.75, 3.05) is 13.7 Å². The number of rotatable bonds is 4. The minimum absolute atomic E-state index is 0.264. The Morgan fingerprint density at radius 3 is 2.84 bits per heavy atom. The second-order valence-electron chi connectivity index (χ2n) is 4.86. The summed E-state index contributed by atoms with van der Waals surface area (Å²) in [5, 5.41) is 19.8. The summed E-state index contributed by atoms with van der Waals surface area (Å²) in [6.45, 7) is 3.61. The Balaban J connectivity index is 2.26. The Kier molecular flexibility index (Phi) is 4.05. The molecule has 0 aliphatic carbocycles. The molecule has 0 aromatic carbocycles. The molecule has 0 bridgehead atoms. The van der Waals surface area contributed by atoms with Crippen molar-refractivity contribution in [2.24, 2.45) is 0 Å². The van der Waals surface area contributed by atoms with Crippen molar-refractivity contribution in [3.63, 3.8) is 0 Å². The summed E-state index contributed by atoms with van der Waals surface area (Å²) >= 11 is 0. The molecule has 106 valence electrons. The van der Waals surface area contributed by atoms with E-state index in [9.17, 15) is 10.2 Å². The summed E-state index contributed by atoms with van der Waals surface area (Å²) in [4.78, 5) is 4.00. The first-order chi connectivity index (χ1) is 8.98. The van der Waals surface area contributed by atoms with Crippen molar-refractivity contribution in [3.05, 3.63) is 23.4 Å². The lowest BCUT2D eigenvalue weighted by atomic mass is 10.0. The fourth-order valence-electron chi connectivity index (χ4n) is 2.17. The monoisotopic (exact) mass is 269 g/mol. The van der Waals surface area contributed by atoms with Gasteiger partial charge in [-0.25, -0.2) is 4.98 Å². The van der Waals surface area contributed by atoms with E-state index >= 15 is 0 Å². The predicted octanol–water partition coefficient (Wildman–Crippen LogP) is 0.767. The first-order valence-corrected chi connectivity index (χ1v) is 6.11. The summed E-state index contributed by atoms with van der Waals surface area (Å²) in [6, 6.07) is 1.65. The van der Waals surface area contributed by atoms with Crippen molar-refractivity contribution < 1.29 is 24.4 Å². The molecule has 1 aliphatic rings. The number of nitrogens with zero attached hydrogens (tertiary/aromatic N) is 1. The van der Waals surface area contributed by atoms with E-state index in [0.717, 1.165) is 0 Å². The molecule has 2 heterocycles. The molecule has 0 radical (unpaired) electrons. The number of hydrogen-bond acceptors (Lipinski definition) is 6. The largest absolute Gasteiger partial charge is 0.481 e. The zero-order valence-corrected chi connectivity index (χ0v) is 11.3. The third kappa shape index (κ3) is 2.87. The number of hydrogen-bond donors (Lipinski definition) is 2. The Morgan fingerprint density at radius 2 is 2.32 bits per heavy atom. The second-order valence-corrected chi connectivity index (χ2v) is 4.86. The highest BCUT2D eigenvalue weighted by atomic mass is 16.7. The first kappa shape index (κ1) is 14.2. The van der Waals surface area contributed by atoms with Crippen LogP contribution in [0.5, 0.6) is 5.88 Å². The highest BCUT2D eigenvalue weighted by Gasteiger charge is 2.38. The molecule has 0 amide bonds. The van der Waals surface area contributed by atoms with Gasteiger partial charge >= 0.3 is 0 Å². The van der Waals surface area contributed by atoms with Gasteiger partial charge in [-0.2, -0.15) is 0 Å². The molecular weight excluding hydrogens is 250 g/mol. The number of aliphatic hydroxyl groups excluding tert-OH is 2. The lowest BCUT2D eigenvalue weighted by Crippen LogP contribution is -2.26. The lowest BCUT2D eigenvalue weighted by molar-refractivity contribution is -0.151. The number of ether oxygens (including phenoxy) is 3. The van der Waals surface area contributed by atoms with Crippen molar-refractivity contribution in [3.8, 4) is 5.88 Å². The maximum Gasteiger partial charge on any atom is 0.218 e. The van der Waals surface area contributed by atoms with Crippen LogP contribution in [0.4, 0.5) is 0 Å². The minimum atomic E-state index is -0.902. The highest BCUT2D eigenvalue weighted by Crippen LogP contribution is 2.33. The second kappa shape index (κ2) is 5.42. The average Bonchev–Trinajstić information content (AvgIpc) is 2.77. The molecule has 6 nitrogen and oxygen atoms in total. The van der Waals surface area contributed by atoms with E-state index in [4.69, 9.17) is 14.2 Å². The zero-order chi connectivity index (χ0) is 14.0. The fourth-order valence-corrected chi connectivity index (χ4v) is 2.17. The summed E-state index contributed by atoms with van der Waals surface area (Å²) in [5.41, 5.74) is 1.01. The van der Waals surface area contributed by atoms with Crippen LogP contribution in [0, 0.1) is 0 Å². The first-order valence-electron chi connectivity index (χ1n) is 6.11. The highest BCUT2D eigenvalue weighted by molar-refractivity contribution is 5.36. The summed E-state index contributed by atoms with van der Waals surface area (Å²) in [6.07, 6.45) is 0.144. The topological polar surface area (TPSA) is 81.0 Å². The summed E-state index contributed by atoms with van der Waals surface area (Å²) in [7, 11) is 1.47. The van der Waals surface area contributed by atoms with Crippen molar-refractivity contribution in [2.45, 2.75) is 38.4 Å². The quantitative estimate of drug-likeness (QED) is 0.840. The normalized spacial score (nSPS) is 23.3. The fraction of sp³-hybridized carbons (Fsp3) is 0.615. The van der Waals surface area contributed by atoms with Gasteiger partial charge in [0.15, 0.2) is 5.79 Å². The van der Waals surface area contributed by atoms with E-state index in [2.05, 4.69) is 4.98 Å². The standard InChI is InChI=1S/C13H19NO5/c1-13(2)18-7-10(19-13)11(16)8-4-5-14-12(17-3)9(8)6-15/h4-5,10-11,15-16H,6-7H2,1-3H3/t10-,11?/m1/s1. The van der Waals surface area contributed by atoms with Crippen LogP contribution in [-0.4, -0.2) is 40.8 Å². The third-order valence-electron chi connectivity index (χ3n) is 3.11. The van der Waals surface area contributed by atoms with Gasteiger partial charge in [-0.05, 0) is 25.5 Å². The molecule has 1 fully saturated rings. The summed E-state index contributed by atoms with van der Waals surface area (Å²) < 4.78 is 16.1. The van der Waals surface area contributed by atoms with Gasteiger partial charge in [0.1, 0.15) is 12.2 Å². The zero-order valence-electron chi connectivity index (χ0n) is 11.3. The number of pyridine rings is 1. The molecule has 1 unspecified atom stereocenters. The smallest absolute Gasteiger partial charge is 0.218 e. The molecule has 1 aromatic heterocycles. The third-order valence-corrected chi connectivity index (χ3v) is 3.11. The SMILES string of the molecule is COc1nccc(C(O)[C@H]2COC(C)(C)O2)c1CO. The van der Waals surface area contributed by atoms with Crippen LogP contribution < -0.4 is 4.74 Å². The van der Waals surface area contributed by atoms with E-state index < -0.39 is 18.0 Å². The molecule has 0 spiro atoms. The molecule has 2 rings (SSSR count). The molecule has 1 aromatic rings. The van der Waals surface area contributed by atoms with Crippen LogP contribution in [0.3, 0.4) is 0 Å². The number of methoxy groups -OCH3 is 1. The van der Waals surface area contributed by atoms with Crippen LogP contribution >= 0.6 is 0 Å². The molecular formula is C13H19NO5. The number of aliphatic hydroxyl groups is 2. The van der Waals surface area contributed by atoms with Gasteiger partial charge in [-0.1, -0.05) is 0 Å². The molecule has 6 heteroatoms. The Labute approximate surface area is 111 Å². The maximum absolute atomic E-state index is 10.4. The molecule has 0 saturated carbocycles. The molecule has 19 heavy (non-hydrogen) atoms. The van der Waals surface area contributed by atoms with Crippen LogP contribution in [0.25, 0.3) is 0 Å². The van der Waals surface area contributed by atoms with Gasteiger partial charge < -0.3 is 24.4 Å². The van der Waals surface area contributed by atoms with E-state index in [0.29, 0.717) is 23.6 Å². The Bertz CT molecular complexity index is 449. The van der Waals surface area contributed by atoms with Gasteiger partial charge in [0, 0.05) is 11.8 Å². The van der Waals surface area contributed by atoms with E-state index in [-0.39, 0.29) is 6.61 Å². The van der Waals surface area contributed by atoms with Crippen molar-refractivity contribution in [1.82, 2.24) is 4.98 Å². The Morgan fingerprint density at radius 1 is 1.58 bits per heavy atom. The number of aromatic nitrogens is 1. The van der Waals surface area contributed by atoms with Crippen LogP contribution in [0.1, 0.15) is 31.1 Å². The molecule has 2 N–H and O–H groups in total. The average molecular weight is 269 g/mol. The van der Waals surface area contributed by atoms with Gasteiger partial charge in [0.2, 0.25) is 5.88 Å². The van der Waals surface area contributed by atoms with Gasteiger partial charge in [0.05, 0.1) is 20.3 Å². The van der Waals surface area contributed by atoms with Crippen LogP contribution in [0.15, 0.2) is 12.3 Å². The van der Waals surface area contributed by atoms with Gasteiger partial charge in [0.25, 0.3) is 0 Å². The predicted molar refractivity (Wildman–Crippen MR) is 66.6 cm³/mol. The molecule has 2 atom stereocenters. The molecule has 1 aliphatic heterocycles. The van der Waals surface area contributed by atoms with E-state index in [1.54, 1.807) is 19.9 Å². The van der Waals surface area contributed by atoms with E-state index in [1.807, 2.05) is 0 Å². The van der Waals surface area contributed by atoms with Crippen molar-refractivity contribution >= 4 is 0 Å². The van der Waals surface area contributed by atoms with Gasteiger partial charge in [-0.3, -0.25) is 0 Å². The minimum Gasteiger partial charge on any atom is -0.481 e. The van der Waals surface area contributed by atoms with Gasteiger partial charge in [-0.15, -0.1) is 0 Å². The summed E-state index contributed by atoms with van der Waals surface area (Å²) in [5.74, 6) is -0.403.